The SMILES string of the molecule is Nc1nc(C(=NOC(C(=O)O)c2ccc(O)c(O)c2)C(=O)NC2C(=O)N3C(C(=O)O)=C(CSc4cc[n+](CC(=O)O)cc4)CS[C@H]23)cs1. The molecule has 4 heterocycles. The fourth-order valence-electron chi connectivity index (χ4n) is 4.63. The van der Waals surface area contributed by atoms with Crippen LogP contribution in [0.5, 0.6) is 11.5 Å². The average molecular weight is 718 g/mol. The Hall–Kier alpha value is -5.34. The molecule has 1 fully saturated rings. The minimum Gasteiger partial charge on any atom is -0.504 e. The largest absolute Gasteiger partial charge is 0.504 e. The Morgan fingerprint density at radius 3 is 2.48 bits per heavy atom. The van der Waals surface area contributed by atoms with Gasteiger partial charge in [0, 0.05) is 39.5 Å². The van der Waals surface area contributed by atoms with Gasteiger partial charge >= 0.3 is 17.9 Å². The predicted molar refractivity (Wildman–Crippen MR) is 169 cm³/mol. The highest BCUT2D eigenvalue weighted by Crippen LogP contribution is 2.41. The molecule has 17 nitrogen and oxygen atoms in total. The number of aromatic nitrogens is 2. The van der Waals surface area contributed by atoms with E-state index in [4.69, 9.17) is 15.7 Å². The number of rotatable bonds is 13. The van der Waals surface area contributed by atoms with Crippen molar-refractivity contribution in [3.63, 3.8) is 0 Å². The topological polar surface area (TPSA) is 266 Å². The van der Waals surface area contributed by atoms with E-state index in [0.717, 1.165) is 33.3 Å². The second kappa shape index (κ2) is 14.2. The lowest BCUT2D eigenvalue weighted by atomic mass is 10.0. The molecular weight excluding hydrogens is 693 g/mol. The maximum Gasteiger partial charge on any atom is 0.370 e. The molecule has 3 atom stereocenters. The number of phenols is 2. The van der Waals surface area contributed by atoms with Gasteiger partial charge in [0.15, 0.2) is 34.7 Å². The van der Waals surface area contributed by atoms with E-state index in [0.29, 0.717) is 5.57 Å². The third-order valence-corrected chi connectivity index (χ3v) is 10.00. The number of benzene rings is 1. The number of carbonyl (C=O) groups is 5. The van der Waals surface area contributed by atoms with E-state index in [-0.39, 0.29) is 40.1 Å². The first-order valence-corrected chi connectivity index (χ1v) is 16.5. The number of aromatic hydroxyl groups is 2. The van der Waals surface area contributed by atoms with Gasteiger partial charge in [-0.2, -0.15) is 4.57 Å². The number of thioether (sulfide) groups is 2. The zero-order chi connectivity index (χ0) is 34.7. The van der Waals surface area contributed by atoms with E-state index < -0.39 is 64.5 Å². The highest BCUT2D eigenvalue weighted by molar-refractivity contribution is 8.01. The second-order valence-corrected chi connectivity index (χ2v) is 13.1. The molecule has 48 heavy (non-hydrogen) atoms. The summed E-state index contributed by atoms with van der Waals surface area (Å²) in [7, 11) is 0. The van der Waals surface area contributed by atoms with Crippen LogP contribution >= 0.6 is 34.9 Å². The number of nitrogens with one attached hydrogen (secondary N) is 1. The predicted octanol–water partition coefficient (Wildman–Crippen LogP) is 0.586. The molecular formula is C28H25N6O11S3+. The second-order valence-electron chi connectivity index (χ2n) is 10.1. The number of thiazole rings is 1. The molecule has 2 aliphatic rings. The van der Waals surface area contributed by atoms with Crippen LogP contribution in [0.2, 0.25) is 0 Å². The molecule has 1 aromatic carbocycles. The maximum atomic E-state index is 13.5. The van der Waals surface area contributed by atoms with Gasteiger partial charge in [-0.1, -0.05) is 11.2 Å². The number of amides is 2. The molecule has 2 aromatic heterocycles. The van der Waals surface area contributed by atoms with Gasteiger partial charge in [0.1, 0.15) is 22.8 Å². The summed E-state index contributed by atoms with van der Waals surface area (Å²) >= 11 is 3.50. The lowest BCUT2D eigenvalue weighted by Crippen LogP contribution is -2.71. The Morgan fingerprint density at radius 2 is 1.88 bits per heavy atom. The zero-order valence-corrected chi connectivity index (χ0v) is 26.7. The summed E-state index contributed by atoms with van der Waals surface area (Å²) < 4.78 is 1.47. The van der Waals surface area contributed by atoms with E-state index >= 15 is 0 Å². The number of carboxylic acid groups (broad SMARTS) is 3. The normalized spacial score (nSPS) is 18.0. The van der Waals surface area contributed by atoms with Crippen molar-refractivity contribution in [3.8, 4) is 11.5 Å². The lowest BCUT2D eigenvalue weighted by Gasteiger charge is -2.49. The van der Waals surface area contributed by atoms with Crippen LogP contribution in [0.25, 0.3) is 0 Å². The molecule has 2 unspecified atom stereocenters. The van der Waals surface area contributed by atoms with E-state index in [1.807, 2.05) is 0 Å². The number of carboxylic acids is 3. The monoisotopic (exact) mass is 717 g/mol. The lowest BCUT2D eigenvalue weighted by molar-refractivity contribution is -0.686. The molecule has 20 heteroatoms. The van der Waals surface area contributed by atoms with Crippen molar-refractivity contribution in [1.82, 2.24) is 15.2 Å². The van der Waals surface area contributed by atoms with Gasteiger partial charge in [-0.25, -0.2) is 19.4 Å². The molecule has 0 bridgehead atoms. The average Bonchev–Trinajstić information content (AvgIpc) is 3.47. The Kier molecular flexibility index (Phi) is 10.1. The van der Waals surface area contributed by atoms with E-state index in [1.54, 1.807) is 24.5 Å². The van der Waals surface area contributed by atoms with Crippen LogP contribution in [-0.2, 0) is 35.4 Å². The Balaban J connectivity index is 1.32. The number of nitrogen functional groups attached to an aromatic ring is 1. The van der Waals surface area contributed by atoms with Crippen molar-refractivity contribution < 1.29 is 58.9 Å². The van der Waals surface area contributed by atoms with Crippen LogP contribution in [0.1, 0.15) is 17.4 Å². The molecule has 8 N–H and O–H groups in total. The third kappa shape index (κ3) is 7.29. The number of hydrogen-bond donors (Lipinski definition) is 7. The first-order chi connectivity index (χ1) is 22.8. The number of hydrogen-bond acceptors (Lipinski definition) is 14. The number of anilines is 1. The first kappa shape index (κ1) is 34.0. The summed E-state index contributed by atoms with van der Waals surface area (Å²) in [6.45, 7) is -0.210. The van der Waals surface area contributed by atoms with Crippen molar-refractivity contribution >= 4 is 75.4 Å². The van der Waals surface area contributed by atoms with Crippen LogP contribution in [0.15, 0.2) is 69.4 Å². The van der Waals surface area contributed by atoms with Crippen molar-refractivity contribution in [2.45, 2.75) is 29.0 Å². The van der Waals surface area contributed by atoms with Crippen molar-refractivity contribution in [1.29, 1.82) is 0 Å². The quantitative estimate of drug-likeness (QED) is 0.0318. The Labute approximate surface area is 282 Å². The number of phenolic OH excluding ortho intramolecular Hbond substituents is 2. The number of nitrogens with zero attached hydrogens (tertiary/aromatic N) is 4. The maximum absolute atomic E-state index is 13.5. The number of fused-ring (bicyclic) bond motifs is 1. The molecule has 0 radical (unpaired) electrons. The molecule has 1 saturated heterocycles. The van der Waals surface area contributed by atoms with Crippen LogP contribution in [-0.4, -0.2) is 93.8 Å². The highest BCUT2D eigenvalue weighted by Gasteiger charge is 2.54. The molecule has 2 aliphatic heterocycles. The molecule has 3 aromatic rings. The van der Waals surface area contributed by atoms with E-state index in [2.05, 4.69) is 15.5 Å². The zero-order valence-electron chi connectivity index (χ0n) is 24.2. The number of oxime groups is 1. The Morgan fingerprint density at radius 1 is 1.15 bits per heavy atom. The number of β-lactam (4-membered cyclic amide) rings is 1. The molecule has 5 rings (SSSR count). The van der Waals surface area contributed by atoms with Crippen LogP contribution < -0.4 is 15.6 Å². The smallest absolute Gasteiger partial charge is 0.370 e. The van der Waals surface area contributed by atoms with Gasteiger partial charge in [0.25, 0.3) is 11.8 Å². The number of carbonyl (C=O) groups excluding carboxylic acids is 2. The minimum atomic E-state index is -1.83. The van der Waals surface area contributed by atoms with E-state index in [1.165, 1.54) is 39.5 Å². The van der Waals surface area contributed by atoms with Crippen LogP contribution in [0.4, 0.5) is 5.13 Å². The van der Waals surface area contributed by atoms with Gasteiger partial charge in [0.05, 0.1) is 0 Å². The van der Waals surface area contributed by atoms with Crippen LogP contribution in [0, 0.1) is 0 Å². The Bertz CT molecular complexity index is 1860. The fourth-order valence-corrected chi connectivity index (χ4v) is 7.55. The number of pyridine rings is 1. The summed E-state index contributed by atoms with van der Waals surface area (Å²) in [6.07, 6.45) is 1.35. The van der Waals surface area contributed by atoms with Gasteiger partial charge < -0.3 is 41.4 Å². The number of aliphatic carboxylic acids is 3. The van der Waals surface area contributed by atoms with E-state index in [9.17, 15) is 44.4 Å². The highest BCUT2D eigenvalue weighted by atomic mass is 32.2. The minimum absolute atomic E-state index is 0.0501. The fraction of sp³-hybridized carbons (Fsp3) is 0.214. The molecule has 0 saturated carbocycles. The molecule has 0 spiro atoms. The summed E-state index contributed by atoms with van der Waals surface area (Å²) in [5, 5.41) is 54.9. The molecule has 250 valence electrons. The summed E-state index contributed by atoms with van der Waals surface area (Å²) in [6, 6.07) is 5.38. The first-order valence-electron chi connectivity index (χ1n) is 13.6. The van der Waals surface area contributed by atoms with Crippen molar-refractivity contribution in [2.24, 2.45) is 5.16 Å². The summed E-state index contributed by atoms with van der Waals surface area (Å²) in [4.78, 5) is 72.9. The van der Waals surface area contributed by atoms with Crippen molar-refractivity contribution in [3.05, 3.63) is 70.6 Å². The third-order valence-electron chi connectivity index (χ3n) is 6.88. The van der Waals surface area contributed by atoms with Gasteiger partial charge in [-0.3, -0.25) is 14.5 Å². The number of nitrogens with two attached hydrogens (primary N) is 1. The van der Waals surface area contributed by atoms with Gasteiger partial charge in [-0.15, -0.1) is 34.9 Å². The molecule has 0 aliphatic carbocycles. The summed E-state index contributed by atoms with van der Waals surface area (Å²) in [5.74, 6) is -6.20. The summed E-state index contributed by atoms with van der Waals surface area (Å²) in [5.41, 5.74) is 5.26. The van der Waals surface area contributed by atoms with Crippen LogP contribution in [0.3, 0.4) is 0 Å². The standard InChI is InChI=1S/C28H24N6O11S3/c29-28-30-15(11-48-28)19(32-45-22(27(43)44)12-1-2-16(35)17(36)7-12)23(39)31-20-24(40)34-21(26(41)42)13(10-47-25(20)34)9-46-14-3-5-33(6-4-14)8-18(37)38/h1-7,11,20,22,25H,8-10H2,(H7-,29,30,31,32,35,36,37,38,39,41,42,43,44)/p+1/t20?,22?,25-/m1/s1. The van der Waals surface area contributed by atoms with Gasteiger partial charge in [-0.05, 0) is 17.7 Å². The van der Waals surface area contributed by atoms with Gasteiger partial charge in [0.2, 0.25) is 12.6 Å². The molecule has 2 amide bonds. The van der Waals surface area contributed by atoms with Crippen molar-refractivity contribution in [2.75, 3.05) is 17.2 Å².